The van der Waals surface area contributed by atoms with Crippen molar-refractivity contribution in [2.24, 2.45) is 5.73 Å². The zero-order valence-electron chi connectivity index (χ0n) is 11.6. The lowest BCUT2D eigenvalue weighted by Crippen LogP contribution is -2.21. The summed E-state index contributed by atoms with van der Waals surface area (Å²) < 4.78 is 1.31. The molecule has 0 spiro atoms. The first-order chi connectivity index (χ1) is 9.88. The number of carbonyl (C=O) groups is 2. The Morgan fingerprint density at radius 1 is 1.38 bits per heavy atom. The molecular weight excluding hydrogens is 294 g/mol. The van der Waals surface area contributed by atoms with Crippen molar-refractivity contribution < 1.29 is 9.59 Å². The minimum atomic E-state index is -0.676. The molecule has 2 amide bonds. The van der Waals surface area contributed by atoms with Crippen LogP contribution in [0.4, 0.5) is 5.69 Å². The molecule has 0 aliphatic rings. The Hall–Kier alpha value is -2.41. The molecule has 0 radical (unpaired) electrons. The summed E-state index contributed by atoms with van der Waals surface area (Å²) in [6.45, 7) is 3.41. The van der Waals surface area contributed by atoms with Gasteiger partial charge in [0.05, 0.1) is 5.69 Å². The molecule has 1 aromatic carbocycles. The molecule has 110 valence electrons. The molecule has 0 unspecified atom stereocenters. The second-order valence-electron chi connectivity index (χ2n) is 4.55. The van der Waals surface area contributed by atoms with Gasteiger partial charge in [0.1, 0.15) is 6.54 Å². The maximum atomic E-state index is 12.0. The number of halogens is 1. The summed E-state index contributed by atoms with van der Waals surface area (Å²) in [5, 5.41) is 10.7. The number of nitrogens with one attached hydrogen (secondary N) is 1. The first-order valence-corrected chi connectivity index (χ1v) is 6.52. The molecule has 3 N–H and O–H groups in total. The van der Waals surface area contributed by atoms with E-state index >= 15 is 0 Å². The van der Waals surface area contributed by atoms with Crippen LogP contribution in [0.15, 0.2) is 18.2 Å². The SMILES string of the molecule is Cc1ccc(Cl)cc1NC(=O)Cn1nnc(C(N)=O)c1C. The van der Waals surface area contributed by atoms with Crippen molar-refractivity contribution in [2.75, 3.05) is 5.32 Å². The number of aryl methyl sites for hydroxylation is 1. The largest absolute Gasteiger partial charge is 0.364 e. The van der Waals surface area contributed by atoms with Crippen LogP contribution < -0.4 is 11.1 Å². The van der Waals surface area contributed by atoms with E-state index in [1.807, 2.05) is 13.0 Å². The number of amides is 2. The van der Waals surface area contributed by atoms with E-state index in [-0.39, 0.29) is 18.1 Å². The molecule has 2 aromatic rings. The molecule has 0 bridgehead atoms. The fraction of sp³-hybridized carbons (Fsp3) is 0.231. The van der Waals surface area contributed by atoms with E-state index in [1.54, 1.807) is 19.1 Å². The van der Waals surface area contributed by atoms with E-state index in [0.717, 1.165) is 5.56 Å². The molecule has 1 aromatic heterocycles. The van der Waals surface area contributed by atoms with Gasteiger partial charge in [-0.2, -0.15) is 0 Å². The van der Waals surface area contributed by atoms with Crippen molar-refractivity contribution in [1.29, 1.82) is 0 Å². The first kappa shape index (κ1) is 15.0. The minimum absolute atomic E-state index is 0.0572. The summed E-state index contributed by atoms with van der Waals surface area (Å²) in [4.78, 5) is 23.1. The predicted octanol–water partition coefficient (Wildman–Crippen LogP) is 1.29. The third kappa shape index (κ3) is 3.38. The van der Waals surface area contributed by atoms with Gasteiger partial charge in [0, 0.05) is 10.7 Å². The topological polar surface area (TPSA) is 103 Å². The molecule has 1 heterocycles. The summed E-state index contributed by atoms with van der Waals surface area (Å²) in [6.07, 6.45) is 0. The zero-order valence-corrected chi connectivity index (χ0v) is 12.3. The molecule has 0 saturated carbocycles. The maximum Gasteiger partial charge on any atom is 0.271 e. The normalized spacial score (nSPS) is 10.4. The fourth-order valence-electron chi connectivity index (χ4n) is 1.79. The zero-order chi connectivity index (χ0) is 15.6. The molecule has 0 aliphatic heterocycles. The molecule has 0 fully saturated rings. The monoisotopic (exact) mass is 307 g/mol. The summed E-state index contributed by atoms with van der Waals surface area (Å²) in [7, 11) is 0. The van der Waals surface area contributed by atoms with E-state index in [9.17, 15) is 9.59 Å². The van der Waals surface area contributed by atoms with Crippen LogP contribution >= 0.6 is 11.6 Å². The number of hydrogen-bond acceptors (Lipinski definition) is 4. The number of anilines is 1. The fourth-order valence-corrected chi connectivity index (χ4v) is 1.96. The molecule has 8 heteroatoms. The van der Waals surface area contributed by atoms with Crippen LogP contribution in [-0.4, -0.2) is 26.8 Å². The van der Waals surface area contributed by atoms with Crippen molar-refractivity contribution in [3.8, 4) is 0 Å². The lowest BCUT2D eigenvalue weighted by Gasteiger charge is -2.09. The second-order valence-corrected chi connectivity index (χ2v) is 4.99. The molecule has 7 nitrogen and oxygen atoms in total. The summed E-state index contributed by atoms with van der Waals surface area (Å²) in [6, 6.07) is 5.22. The van der Waals surface area contributed by atoms with E-state index in [1.165, 1.54) is 4.68 Å². The van der Waals surface area contributed by atoms with Crippen molar-refractivity contribution in [3.05, 3.63) is 40.2 Å². The van der Waals surface area contributed by atoms with Crippen LogP contribution in [0.3, 0.4) is 0 Å². The van der Waals surface area contributed by atoms with Crippen LogP contribution in [0, 0.1) is 13.8 Å². The Labute approximate surface area is 126 Å². The van der Waals surface area contributed by atoms with Gasteiger partial charge in [0.15, 0.2) is 5.69 Å². The van der Waals surface area contributed by atoms with Crippen molar-refractivity contribution in [3.63, 3.8) is 0 Å². The molecule has 0 atom stereocenters. The van der Waals surface area contributed by atoms with Gasteiger partial charge >= 0.3 is 0 Å². The number of rotatable bonds is 4. The van der Waals surface area contributed by atoms with Gasteiger partial charge in [-0.15, -0.1) is 5.10 Å². The molecule has 0 saturated heterocycles. The summed E-state index contributed by atoms with van der Waals surface area (Å²) >= 11 is 5.89. The highest BCUT2D eigenvalue weighted by Gasteiger charge is 2.15. The summed E-state index contributed by atoms with van der Waals surface area (Å²) in [5.41, 5.74) is 7.17. The lowest BCUT2D eigenvalue weighted by atomic mass is 10.2. The standard InChI is InChI=1S/C13H14ClN5O2/c1-7-3-4-9(14)5-10(7)16-11(20)6-19-8(2)12(13(15)21)17-18-19/h3-5H,6H2,1-2H3,(H2,15,21)(H,16,20). The number of aromatic nitrogens is 3. The number of benzene rings is 1. The smallest absolute Gasteiger partial charge is 0.271 e. The molecule has 2 rings (SSSR count). The maximum absolute atomic E-state index is 12.0. The van der Waals surface area contributed by atoms with Crippen LogP contribution in [-0.2, 0) is 11.3 Å². The van der Waals surface area contributed by atoms with Crippen LogP contribution in [0.2, 0.25) is 5.02 Å². The van der Waals surface area contributed by atoms with Gasteiger partial charge in [-0.3, -0.25) is 9.59 Å². The Bertz CT molecular complexity index is 711. The lowest BCUT2D eigenvalue weighted by molar-refractivity contribution is -0.117. The number of hydrogen-bond donors (Lipinski definition) is 2. The van der Waals surface area contributed by atoms with E-state index in [0.29, 0.717) is 16.4 Å². The average Bonchev–Trinajstić information content (AvgIpc) is 2.75. The van der Waals surface area contributed by atoms with Gasteiger partial charge in [0.2, 0.25) is 5.91 Å². The minimum Gasteiger partial charge on any atom is -0.364 e. The number of primary amides is 1. The molecule has 0 aliphatic carbocycles. The van der Waals surface area contributed by atoms with Crippen LogP contribution in [0.5, 0.6) is 0 Å². The van der Waals surface area contributed by atoms with Gasteiger partial charge in [-0.1, -0.05) is 22.9 Å². The van der Waals surface area contributed by atoms with Crippen molar-refractivity contribution in [1.82, 2.24) is 15.0 Å². The van der Waals surface area contributed by atoms with Gasteiger partial charge < -0.3 is 11.1 Å². The van der Waals surface area contributed by atoms with E-state index < -0.39 is 5.91 Å². The Balaban J connectivity index is 2.12. The first-order valence-electron chi connectivity index (χ1n) is 6.14. The quantitative estimate of drug-likeness (QED) is 0.888. The number of carbonyl (C=O) groups excluding carboxylic acids is 2. The second kappa shape index (κ2) is 5.92. The van der Waals surface area contributed by atoms with E-state index in [2.05, 4.69) is 15.6 Å². The van der Waals surface area contributed by atoms with Gasteiger partial charge in [-0.05, 0) is 31.5 Å². The molecule has 21 heavy (non-hydrogen) atoms. The average molecular weight is 308 g/mol. The highest BCUT2D eigenvalue weighted by atomic mass is 35.5. The molecular formula is C13H14ClN5O2. The highest BCUT2D eigenvalue weighted by molar-refractivity contribution is 6.31. The number of nitrogens with zero attached hydrogens (tertiary/aromatic N) is 3. The predicted molar refractivity (Wildman–Crippen MR) is 78.1 cm³/mol. The third-order valence-corrected chi connectivity index (χ3v) is 3.22. The summed E-state index contributed by atoms with van der Waals surface area (Å²) in [5.74, 6) is -0.978. The van der Waals surface area contributed by atoms with Crippen LogP contribution in [0.1, 0.15) is 21.7 Å². The third-order valence-electron chi connectivity index (χ3n) is 2.98. The Morgan fingerprint density at radius 3 is 2.71 bits per heavy atom. The Morgan fingerprint density at radius 2 is 2.10 bits per heavy atom. The van der Waals surface area contributed by atoms with Gasteiger partial charge in [-0.25, -0.2) is 4.68 Å². The van der Waals surface area contributed by atoms with Crippen LogP contribution in [0.25, 0.3) is 0 Å². The van der Waals surface area contributed by atoms with E-state index in [4.69, 9.17) is 17.3 Å². The van der Waals surface area contributed by atoms with Crippen molar-refractivity contribution >= 4 is 29.1 Å². The van der Waals surface area contributed by atoms with Gasteiger partial charge in [0.25, 0.3) is 5.91 Å². The number of nitrogens with two attached hydrogens (primary N) is 1. The van der Waals surface area contributed by atoms with Crippen molar-refractivity contribution in [2.45, 2.75) is 20.4 Å². The highest BCUT2D eigenvalue weighted by Crippen LogP contribution is 2.20. The Kier molecular flexibility index (Phi) is 4.23.